The van der Waals surface area contributed by atoms with Crippen LogP contribution in [0.25, 0.3) is 0 Å². The lowest BCUT2D eigenvalue weighted by Crippen LogP contribution is -2.50. The van der Waals surface area contributed by atoms with Gasteiger partial charge in [-0.25, -0.2) is 4.79 Å². The first-order chi connectivity index (χ1) is 10.4. The Morgan fingerprint density at radius 1 is 1.59 bits per heavy atom. The van der Waals surface area contributed by atoms with Crippen molar-refractivity contribution in [1.29, 1.82) is 0 Å². The van der Waals surface area contributed by atoms with Gasteiger partial charge in [-0.2, -0.15) is 0 Å². The fraction of sp³-hybridized carbons (Fsp3) is 0.615. The van der Waals surface area contributed by atoms with Gasteiger partial charge in [-0.3, -0.25) is 19.1 Å². The molecular weight excluding hydrogens is 407 g/mol. The summed E-state index contributed by atoms with van der Waals surface area (Å²) in [4.78, 5) is 38.3. The van der Waals surface area contributed by atoms with E-state index in [-0.39, 0.29) is 22.2 Å². The molecule has 8 nitrogen and oxygen atoms in total. The number of aromatic amines is 1. The van der Waals surface area contributed by atoms with Crippen molar-refractivity contribution >= 4 is 28.4 Å². The first-order valence-electron chi connectivity index (χ1n) is 6.87. The lowest BCUT2D eigenvalue weighted by atomic mass is 9.98. The average Bonchev–Trinajstić information content (AvgIpc) is 2.81. The molecule has 0 saturated carbocycles. The minimum atomic E-state index is -1.70. The van der Waals surface area contributed by atoms with Gasteiger partial charge >= 0.3 is 5.69 Å². The van der Waals surface area contributed by atoms with Crippen LogP contribution in [0.3, 0.4) is 0 Å². The summed E-state index contributed by atoms with van der Waals surface area (Å²) in [6.45, 7) is 1.33. The predicted molar refractivity (Wildman–Crippen MR) is 84.5 cm³/mol. The molecule has 22 heavy (non-hydrogen) atoms. The number of rotatable bonds is 5. The van der Waals surface area contributed by atoms with Crippen LogP contribution in [0.4, 0.5) is 0 Å². The van der Waals surface area contributed by atoms with Crippen LogP contribution in [0.5, 0.6) is 0 Å². The third-order valence-corrected chi connectivity index (χ3v) is 4.41. The van der Waals surface area contributed by atoms with E-state index in [4.69, 9.17) is 4.74 Å². The van der Waals surface area contributed by atoms with E-state index in [2.05, 4.69) is 4.98 Å². The van der Waals surface area contributed by atoms with Crippen LogP contribution in [0.1, 0.15) is 26.2 Å². The molecule has 0 amide bonds. The van der Waals surface area contributed by atoms with Gasteiger partial charge in [-0.1, -0.05) is 6.92 Å². The van der Waals surface area contributed by atoms with Crippen LogP contribution in [-0.2, 0) is 15.3 Å². The van der Waals surface area contributed by atoms with Gasteiger partial charge in [-0.15, -0.1) is 0 Å². The number of Topliss-reactive ketones (excluding diaryl/α,β-unsaturated/α-hetero) is 1. The monoisotopic (exact) mass is 424 g/mol. The van der Waals surface area contributed by atoms with Crippen molar-refractivity contribution in [3.63, 3.8) is 0 Å². The third-order valence-electron chi connectivity index (χ3n) is 3.64. The Morgan fingerprint density at radius 2 is 2.27 bits per heavy atom. The van der Waals surface area contributed by atoms with Gasteiger partial charge in [-0.05, 0) is 29.0 Å². The van der Waals surface area contributed by atoms with Gasteiger partial charge in [0.25, 0.3) is 5.56 Å². The van der Waals surface area contributed by atoms with Crippen LogP contribution in [-0.4, -0.2) is 44.4 Å². The number of aromatic nitrogens is 2. The van der Waals surface area contributed by atoms with E-state index in [0.717, 1.165) is 4.57 Å². The summed E-state index contributed by atoms with van der Waals surface area (Å²) >= 11 is 1.74. The topological polar surface area (TPSA) is 122 Å². The molecule has 2 heterocycles. The molecule has 1 fully saturated rings. The Morgan fingerprint density at radius 3 is 2.82 bits per heavy atom. The van der Waals surface area contributed by atoms with Crippen molar-refractivity contribution in [2.75, 3.05) is 6.61 Å². The summed E-state index contributed by atoms with van der Waals surface area (Å²) in [5.74, 6) is -0.380. The van der Waals surface area contributed by atoms with E-state index in [0.29, 0.717) is 6.42 Å². The van der Waals surface area contributed by atoms with Crippen molar-refractivity contribution in [2.45, 2.75) is 44.1 Å². The van der Waals surface area contributed by atoms with E-state index >= 15 is 0 Å². The van der Waals surface area contributed by atoms with Gasteiger partial charge in [0, 0.05) is 19.0 Å². The lowest BCUT2D eigenvalue weighted by Gasteiger charge is -2.29. The van der Waals surface area contributed by atoms with Gasteiger partial charge < -0.3 is 14.9 Å². The van der Waals surface area contributed by atoms with Crippen LogP contribution >= 0.6 is 22.6 Å². The van der Waals surface area contributed by atoms with E-state index in [9.17, 15) is 24.6 Å². The summed E-state index contributed by atoms with van der Waals surface area (Å²) in [6, 6.07) is 0. The predicted octanol–water partition coefficient (Wildman–Crippen LogP) is -0.695. The van der Waals surface area contributed by atoms with Crippen molar-refractivity contribution in [1.82, 2.24) is 9.55 Å². The summed E-state index contributed by atoms with van der Waals surface area (Å²) in [7, 11) is 0. The molecule has 3 N–H and O–H groups in total. The lowest BCUT2D eigenvalue weighted by molar-refractivity contribution is -0.162. The van der Waals surface area contributed by atoms with Crippen molar-refractivity contribution in [3.05, 3.63) is 30.6 Å². The number of aliphatic hydroxyl groups is 2. The Hall–Kier alpha value is -1.04. The number of aliphatic hydroxyl groups excluding tert-OH is 2. The summed E-state index contributed by atoms with van der Waals surface area (Å²) < 4.78 is 6.80. The molecule has 1 aromatic rings. The summed E-state index contributed by atoms with van der Waals surface area (Å²) in [5, 5.41) is 19.2. The first kappa shape index (κ1) is 17.3. The molecule has 0 bridgehead atoms. The van der Waals surface area contributed by atoms with Crippen LogP contribution in [0.2, 0.25) is 0 Å². The molecule has 9 heteroatoms. The number of ether oxygens (including phenoxy) is 1. The van der Waals surface area contributed by atoms with E-state index in [1.54, 1.807) is 29.5 Å². The first-order valence-corrected chi connectivity index (χ1v) is 7.95. The van der Waals surface area contributed by atoms with Gasteiger partial charge in [0.05, 0.1) is 16.3 Å². The highest BCUT2D eigenvalue weighted by atomic mass is 127. The zero-order chi connectivity index (χ0) is 16.5. The molecule has 1 aromatic heterocycles. The van der Waals surface area contributed by atoms with E-state index in [1.807, 2.05) is 0 Å². The van der Waals surface area contributed by atoms with Crippen molar-refractivity contribution in [3.8, 4) is 0 Å². The number of ketones is 1. The molecule has 0 aliphatic carbocycles. The normalized spacial score (nSPS) is 28.0. The maximum atomic E-state index is 12.6. The minimum absolute atomic E-state index is 0.146. The molecule has 0 radical (unpaired) electrons. The van der Waals surface area contributed by atoms with Crippen LogP contribution in [0.15, 0.2) is 15.8 Å². The molecule has 1 aliphatic heterocycles. The molecule has 2 rings (SSSR count). The second-order valence-electron chi connectivity index (χ2n) is 5.17. The molecule has 1 aliphatic rings. The van der Waals surface area contributed by atoms with E-state index in [1.165, 1.54) is 6.20 Å². The highest BCUT2D eigenvalue weighted by Gasteiger charge is 2.52. The van der Waals surface area contributed by atoms with Gasteiger partial charge in [0.1, 0.15) is 6.10 Å². The molecule has 1 saturated heterocycles. The number of nitrogens with one attached hydrogen (secondary N) is 1. The minimum Gasteiger partial charge on any atom is -0.394 e. The second-order valence-corrected chi connectivity index (χ2v) is 6.34. The summed E-state index contributed by atoms with van der Waals surface area (Å²) in [5.41, 5.74) is -3.05. The van der Waals surface area contributed by atoms with Crippen LogP contribution < -0.4 is 11.2 Å². The van der Waals surface area contributed by atoms with E-state index < -0.39 is 35.8 Å². The largest absolute Gasteiger partial charge is 0.394 e. The molecule has 0 unspecified atom stereocenters. The molecule has 3 atom stereocenters. The standard InChI is InChI=1S/C13H17IN2O6/c1-2-3-10(19)13(4-8(18)9(6-17)22-13)16-5-7(14)11(20)15-12(16)21/h5,8-9,17-18H,2-4,6H2,1H3,(H,15,20,21)/t8-,9+,13-/m0/s1. The Balaban J connectivity index is 2.61. The molecular formula is C13H17IN2O6. The highest BCUT2D eigenvalue weighted by molar-refractivity contribution is 14.1. The van der Waals surface area contributed by atoms with Crippen LogP contribution in [0, 0.1) is 3.57 Å². The third kappa shape index (κ3) is 2.90. The molecule has 0 aromatic carbocycles. The number of carbonyl (C=O) groups is 1. The zero-order valence-electron chi connectivity index (χ0n) is 11.9. The maximum absolute atomic E-state index is 12.6. The Labute approximate surface area is 139 Å². The number of carbonyl (C=O) groups excluding carboxylic acids is 1. The maximum Gasteiger partial charge on any atom is 0.331 e. The number of H-pyrrole nitrogens is 1. The second kappa shape index (κ2) is 6.60. The summed E-state index contributed by atoms with van der Waals surface area (Å²) in [6.07, 6.45) is -0.271. The Bertz CT molecular complexity index is 684. The Kier molecular flexibility index (Phi) is 5.20. The number of halogens is 1. The number of hydrogen-bond donors (Lipinski definition) is 3. The van der Waals surface area contributed by atoms with Crippen molar-refractivity contribution < 1.29 is 19.7 Å². The zero-order valence-corrected chi connectivity index (χ0v) is 14.1. The average molecular weight is 424 g/mol. The van der Waals surface area contributed by atoms with Crippen molar-refractivity contribution in [2.24, 2.45) is 0 Å². The highest BCUT2D eigenvalue weighted by Crippen LogP contribution is 2.36. The molecule has 0 spiro atoms. The molecule has 122 valence electrons. The fourth-order valence-electron chi connectivity index (χ4n) is 2.56. The SMILES string of the molecule is CCCC(=O)[C@]1(n2cc(I)c(=O)[nH]c2=O)C[C@H](O)[C@@H](CO)O1. The van der Waals surface area contributed by atoms with Gasteiger partial charge in [0.2, 0.25) is 5.72 Å². The number of hydrogen-bond acceptors (Lipinski definition) is 6. The number of nitrogens with zero attached hydrogens (tertiary/aromatic N) is 1. The quantitative estimate of drug-likeness (QED) is 0.538. The van der Waals surface area contributed by atoms with Gasteiger partial charge in [0.15, 0.2) is 5.78 Å². The fourth-order valence-corrected chi connectivity index (χ4v) is 2.97. The smallest absolute Gasteiger partial charge is 0.331 e.